The molecule has 72 valence electrons. The first-order chi connectivity index (χ1) is 6.77. The molecular weight excluding hydrogens is 180 g/mol. The summed E-state index contributed by atoms with van der Waals surface area (Å²) < 4.78 is 5.31. The maximum Gasteiger partial charge on any atom is 0.307 e. The molecule has 0 saturated heterocycles. The Morgan fingerprint density at radius 1 is 1.57 bits per heavy atom. The summed E-state index contributed by atoms with van der Waals surface area (Å²) in [5, 5.41) is 8.69. The number of allylic oxidation sites excluding steroid dienone is 5. The average molecular weight is 190 g/mol. The lowest BCUT2D eigenvalue weighted by Crippen LogP contribution is -2.06. The van der Waals surface area contributed by atoms with Crippen LogP contribution in [-0.2, 0) is 9.53 Å². The minimum atomic E-state index is -0.837. The molecule has 0 saturated carbocycles. The summed E-state index contributed by atoms with van der Waals surface area (Å²) in [7, 11) is 0. The molecule has 0 radical (unpaired) electrons. The third kappa shape index (κ3) is 1.62. The molecule has 0 spiro atoms. The van der Waals surface area contributed by atoms with E-state index >= 15 is 0 Å². The molecule has 0 bridgehead atoms. The second kappa shape index (κ2) is 3.54. The van der Waals surface area contributed by atoms with Crippen LogP contribution < -0.4 is 0 Å². The van der Waals surface area contributed by atoms with Crippen LogP contribution in [0.1, 0.15) is 12.8 Å². The van der Waals surface area contributed by atoms with Gasteiger partial charge in [0.2, 0.25) is 0 Å². The molecule has 3 nitrogen and oxygen atoms in total. The Labute approximate surface area is 81.7 Å². The third-order valence-electron chi connectivity index (χ3n) is 2.14. The van der Waals surface area contributed by atoms with E-state index in [1.165, 1.54) is 0 Å². The molecule has 0 fully saturated rings. The quantitative estimate of drug-likeness (QED) is 0.725. The van der Waals surface area contributed by atoms with Crippen LogP contribution in [0.3, 0.4) is 0 Å². The smallest absolute Gasteiger partial charge is 0.307 e. The molecule has 1 aliphatic heterocycles. The highest BCUT2D eigenvalue weighted by molar-refractivity contribution is 5.72. The van der Waals surface area contributed by atoms with Crippen LogP contribution in [0.2, 0.25) is 0 Å². The van der Waals surface area contributed by atoms with Crippen molar-refractivity contribution in [3.63, 3.8) is 0 Å². The van der Waals surface area contributed by atoms with Crippen LogP contribution in [0, 0.1) is 0 Å². The van der Waals surface area contributed by atoms with Crippen LogP contribution in [0.5, 0.6) is 0 Å². The van der Waals surface area contributed by atoms with Gasteiger partial charge in [-0.3, -0.25) is 4.79 Å². The van der Waals surface area contributed by atoms with Gasteiger partial charge in [0, 0.05) is 5.57 Å². The van der Waals surface area contributed by atoms with Crippen molar-refractivity contribution in [3.8, 4) is 0 Å². The molecule has 0 aromatic heterocycles. The summed E-state index contributed by atoms with van der Waals surface area (Å²) in [5.74, 6) is -0.131. The van der Waals surface area contributed by atoms with Gasteiger partial charge in [0.05, 0.1) is 12.7 Å². The Bertz CT molecular complexity index is 383. The maximum absolute atomic E-state index is 10.6. The van der Waals surface area contributed by atoms with Gasteiger partial charge in [-0.15, -0.1) is 0 Å². The van der Waals surface area contributed by atoms with Gasteiger partial charge in [0.1, 0.15) is 5.76 Å². The summed E-state index contributed by atoms with van der Waals surface area (Å²) in [6.07, 6.45) is 9.93. The van der Waals surface area contributed by atoms with E-state index in [4.69, 9.17) is 9.84 Å². The predicted octanol–water partition coefficient (Wildman–Crippen LogP) is 2.15. The number of ether oxygens (including phenoxy) is 1. The van der Waals surface area contributed by atoms with E-state index in [-0.39, 0.29) is 6.42 Å². The van der Waals surface area contributed by atoms with Gasteiger partial charge in [-0.2, -0.15) is 0 Å². The molecule has 0 atom stereocenters. The fraction of sp³-hybridized carbons (Fsp3) is 0.182. The Balaban J connectivity index is 2.33. The van der Waals surface area contributed by atoms with Gasteiger partial charge in [0.25, 0.3) is 0 Å². The van der Waals surface area contributed by atoms with E-state index in [0.29, 0.717) is 5.76 Å². The van der Waals surface area contributed by atoms with Crippen LogP contribution in [0.25, 0.3) is 0 Å². The third-order valence-corrected chi connectivity index (χ3v) is 2.14. The van der Waals surface area contributed by atoms with Gasteiger partial charge in [-0.05, 0) is 18.1 Å². The van der Waals surface area contributed by atoms with E-state index in [1.54, 1.807) is 6.26 Å². The molecular formula is C11H10O3. The van der Waals surface area contributed by atoms with Crippen LogP contribution in [0.4, 0.5) is 0 Å². The van der Waals surface area contributed by atoms with Crippen molar-refractivity contribution < 1.29 is 14.6 Å². The standard InChI is InChI=1S/C11H10O3/c12-10(13)7-9-4-1-3-8-5-2-6-14-11(8)9/h1-2,4-6H,3,7H2,(H,12,13). The molecule has 1 N–H and O–H groups in total. The summed E-state index contributed by atoms with van der Waals surface area (Å²) in [6, 6.07) is 0. The first kappa shape index (κ1) is 8.81. The summed E-state index contributed by atoms with van der Waals surface area (Å²) >= 11 is 0. The Kier molecular flexibility index (Phi) is 2.23. The molecule has 2 aliphatic rings. The highest BCUT2D eigenvalue weighted by atomic mass is 16.5. The van der Waals surface area contributed by atoms with E-state index in [0.717, 1.165) is 17.6 Å². The lowest BCUT2D eigenvalue weighted by molar-refractivity contribution is -0.136. The van der Waals surface area contributed by atoms with E-state index in [2.05, 4.69) is 0 Å². The fourth-order valence-electron chi connectivity index (χ4n) is 1.56. The van der Waals surface area contributed by atoms with Crippen molar-refractivity contribution in [3.05, 3.63) is 47.5 Å². The number of carboxylic acid groups (broad SMARTS) is 1. The molecule has 0 unspecified atom stereocenters. The maximum atomic E-state index is 10.6. The molecule has 0 aromatic rings. The van der Waals surface area contributed by atoms with Crippen molar-refractivity contribution in [2.75, 3.05) is 0 Å². The van der Waals surface area contributed by atoms with Crippen LogP contribution >= 0.6 is 0 Å². The van der Waals surface area contributed by atoms with Crippen LogP contribution in [0.15, 0.2) is 47.5 Å². The van der Waals surface area contributed by atoms with Gasteiger partial charge in [0.15, 0.2) is 0 Å². The van der Waals surface area contributed by atoms with Crippen molar-refractivity contribution >= 4 is 5.97 Å². The van der Waals surface area contributed by atoms with E-state index in [1.807, 2.05) is 24.3 Å². The van der Waals surface area contributed by atoms with Crippen molar-refractivity contribution in [1.29, 1.82) is 0 Å². The monoisotopic (exact) mass is 190 g/mol. The number of rotatable bonds is 2. The Morgan fingerprint density at radius 3 is 3.21 bits per heavy atom. The molecule has 3 heteroatoms. The highest BCUT2D eigenvalue weighted by Gasteiger charge is 2.17. The second-order valence-electron chi connectivity index (χ2n) is 3.17. The van der Waals surface area contributed by atoms with Gasteiger partial charge in [-0.25, -0.2) is 0 Å². The minimum absolute atomic E-state index is 0.0109. The average Bonchev–Trinajstić information content (AvgIpc) is 2.18. The highest BCUT2D eigenvalue weighted by Crippen LogP contribution is 2.29. The Morgan fingerprint density at radius 2 is 2.43 bits per heavy atom. The number of fused-ring (bicyclic) bond motifs is 1. The van der Waals surface area contributed by atoms with Gasteiger partial charge >= 0.3 is 5.97 Å². The molecule has 1 aliphatic carbocycles. The molecule has 2 rings (SSSR count). The molecule has 1 heterocycles. The number of hydrogen-bond acceptors (Lipinski definition) is 2. The zero-order valence-corrected chi connectivity index (χ0v) is 7.56. The Hall–Kier alpha value is -1.77. The number of carbonyl (C=O) groups is 1. The lowest BCUT2D eigenvalue weighted by atomic mass is 9.96. The first-order valence-corrected chi connectivity index (χ1v) is 4.41. The fourth-order valence-corrected chi connectivity index (χ4v) is 1.56. The van der Waals surface area contributed by atoms with E-state index in [9.17, 15) is 4.79 Å². The van der Waals surface area contributed by atoms with Gasteiger partial charge in [-0.1, -0.05) is 18.2 Å². The zero-order valence-electron chi connectivity index (χ0n) is 7.56. The molecule has 0 aromatic carbocycles. The molecule has 0 amide bonds. The summed E-state index contributed by atoms with van der Waals surface area (Å²) in [5.41, 5.74) is 1.78. The largest absolute Gasteiger partial charge is 0.481 e. The van der Waals surface area contributed by atoms with Crippen molar-refractivity contribution in [2.24, 2.45) is 0 Å². The normalized spacial score (nSPS) is 18.7. The second-order valence-corrected chi connectivity index (χ2v) is 3.17. The predicted molar refractivity (Wildman–Crippen MR) is 51.3 cm³/mol. The number of hydrogen-bond donors (Lipinski definition) is 1. The zero-order chi connectivity index (χ0) is 9.97. The van der Waals surface area contributed by atoms with E-state index < -0.39 is 5.97 Å². The first-order valence-electron chi connectivity index (χ1n) is 4.41. The number of carboxylic acids is 1. The topological polar surface area (TPSA) is 46.5 Å². The van der Waals surface area contributed by atoms with Crippen molar-refractivity contribution in [2.45, 2.75) is 12.8 Å². The van der Waals surface area contributed by atoms with Crippen molar-refractivity contribution in [1.82, 2.24) is 0 Å². The molecule has 14 heavy (non-hydrogen) atoms. The summed E-state index contributed by atoms with van der Waals surface area (Å²) in [4.78, 5) is 10.6. The lowest BCUT2D eigenvalue weighted by Gasteiger charge is -2.19. The number of aliphatic carboxylic acids is 1. The van der Waals surface area contributed by atoms with Crippen LogP contribution in [-0.4, -0.2) is 11.1 Å². The summed E-state index contributed by atoms with van der Waals surface area (Å²) in [6.45, 7) is 0. The minimum Gasteiger partial charge on any atom is -0.481 e. The van der Waals surface area contributed by atoms with Gasteiger partial charge < -0.3 is 9.84 Å². The SMILES string of the molecule is O=C(O)CC1=C2OC=CC=C2CC=C1.